The van der Waals surface area contributed by atoms with Crippen LogP contribution in [-0.2, 0) is 0 Å². The normalized spacial score (nSPS) is 12.3. The van der Waals surface area contributed by atoms with Crippen LogP contribution < -0.4 is 5.32 Å². The molecule has 1 unspecified atom stereocenters. The van der Waals surface area contributed by atoms with Crippen molar-refractivity contribution < 1.29 is 0 Å². The Morgan fingerprint density at radius 1 is 1.39 bits per heavy atom. The fraction of sp³-hybridized carbons (Fsp3) is 0.533. The van der Waals surface area contributed by atoms with Crippen LogP contribution in [0.25, 0.3) is 0 Å². The summed E-state index contributed by atoms with van der Waals surface area (Å²) in [7, 11) is 0. The van der Waals surface area contributed by atoms with Crippen molar-refractivity contribution in [3.05, 3.63) is 41.7 Å². The lowest BCUT2D eigenvalue weighted by atomic mass is 10.0. The largest absolute Gasteiger partial charge is 0.309 e. The minimum atomic E-state index is 0.344. The number of rotatable bonds is 9. The smallest absolute Gasteiger partial charge is 0.0589 e. The molecule has 0 saturated carbocycles. The monoisotopic (exact) mass is 266 g/mol. The number of nitrogens with one attached hydrogen (secondary N) is 1. The minimum absolute atomic E-state index is 0.344. The number of halogens is 1. The molecule has 2 nitrogen and oxygen atoms in total. The summed E-state index contributed by atoms with van der Waals surface area (Å²) < 4.78 is 0. The number of allylic oxidation sites excluding steroid dienone is 1. The van der Waals surface area contributed by atoms with Gasteiger partial charge in [-0.25, -0.2) is 0 Å². The molecule has 18 heavy (non-hydrogen) atoms. The zero-order chi connectivity index (χ0) is 13.2. The quantitative estimate of drug-likeness (QED) is 0.525. The second kappa shape index (κ2) is 9.12. The topological polar surface area (TPSA) is 24.9 Å². The van der Waals surface area contributed by atoms with Crippen molar-refractivity contribution in [2.24, 2.45) is 0 Å². The van der Waals surface area contributed by atoms with E-state index in [0.717, 1.165) is 25.1 Å². The third-order valence-corrected chi connectivity index (χ3v) is 3.18. The van der Waals surface area contributed by atoms with Gasteiger partial charge < -0.3 is 5.32 Å². The van der Waals surface area contributed by atoms with E-state index in [1.54, 1.807) is 6.20 Å². The van der Waals surface area contributed by atoms with Gasteiger partial charge in [0, 0.05) is 12.2 Å². The first-order valence-corrected chi connectivity index (χ1v) is 7.11. The molecule has 0 aliphatic rings. The van der Waals surface area contributed by atoms with Gasteiger partial charge in [-0.2, -0.15) is 0 Å². The fourth-order valence-corrected chi connectivity index (χ4v) is 2.12. The first kappa shape index (κ1) is 15.2. The molecule has 1 heterocycles. The maximum atomic E-state index is 5.86. The molecule has 0 radical (unpaired) electrons. The number of hydrogen-bond acceptors (Lipinski definition) is 2. The second-order valence-electron chi connectivity index (χ2n) is 4.44. The summed E-state index contributed by atoms with van der Waals surface area (Å²) in [5.41, 5.74) is 1.09. The molecule has 0 saturated heterocycles. The van der Waals surface area contributed by atoms with Crippen LogP contribution in [0.2, 0.25) is 5.02 Å². The molecule has 3 heteroatoms. The summed E-state index contributed by atoms with van der Waals surface area (Å²) in [6.07, 6.45) is 9.65. The summed E-state index contributed by atoms with van der Waals surface area (Å²) in [5, 5.41) is 4.18. The summed E-state index contributed by atoms with van der Waals surface area (Å²) >= 11 is 5.86. The van der Waals surface area contributed by atoms with E-state index in [0.29, 0.717) is 11.1 Å². The maximum absolute atomic E-state index is 5.86. The number of nitrogens with zero attached hydrogens (tertiary/aromatic N) is 1. The summed E-state index contributed by atoms with van der Waals surface area (Å²) in [6.45, 7) is 6.83. The molecule has 0 aliphatic carbocycles. The lowest BCUT2D eigenvalue weighted by Crippen LogP contribution is -2.21. The molecule has 1 rings (SSSR count). The van der Waals surface area contributed by atoms with Gasteiger partial charge in [0.25, 0.3) is 0 Å². The molecule has 1 N–H and O–H groups in total. The molecule has 100 valence electrons. The predicted octanol–water partition coefficient (Wildman–Crippen LogP) is 4.52. The van der Waals surface area contributed by atoms with Gasteiger partial charge in [0.2, 0.25) is 0 Å². The van der Waals surface area contributed by atoms with Crippen LogP contribution in [-0.4, -0.2) is 11.5 Å². The highest BCUT2D eigenvalue weighted by molar-refractivity contribution is 6.30. The first-order valence-electron chi connectivity index (χ1n) is 6.73. The molecule has 0 amide bonds. The molecular formula is C15H23ClN2. The summed E-state index contributed by atoms with van der Waals surface area (Å²) in [5.74, 6) is 0. The highest BCUT2D eigenvalue weighted by atomic mass is 35.5. The zero-order valence-corrected chi connectivity index (χ0v) is 11.9. The van der Waals surface area contributed by atoms with Crippen molar-refractivity contribution in [1.29, 1.82) is 0 Å². The molecule has 1 aromatic heterocycles. The second-order valence-corrected chi connectivity index (χ2v) is 4.87. The highest BCUT2D eigenvalue weighted by Gasteiger charge is 2.10. The standard InChI is InChI=1S/C15H23ClN2/c1-3-5-6-7-8-9-14(17-4-2)15-11-10-13(16)12-18-15/h3,10-12,14,17H,1,4-9H2,2H3. The van der Waals surface area contributed by atoms with E-state index in [2.05, 4.69) is 23.8 Å². The average Bonchev–Trinajstić information content (AvgIpc) is 2.38. The van der Waals surface area contributed by atoms with Crippen LogP contribution in [0.15, 0.2) is 31.0 Å². The lowest BCUT2D eigenvalue weighted by Gasteiger charge is -2.17. The van der Waals surface area contributed by atoms with Crippen LogP contribution in [0.4, 0.5) is 0 Å². The fourth-order valence-electron chi connectivity index (χ4n) is 2.01. The van der Waals surface area contributed by atoms with E-state index < -0.39 is 0 Å². The number of pyridine rings is 1. The predicted molar refractivity (Wildman–Crippen MR) is 78.9 cm³/mol. The first-order chi connectivity index (χ1) is 8.77. The molecule has 0 bridgehead atoms. The van der Waals surface area contributed by atoms with Crippen LogP contribution in [0.3, 0.4) is 0 Å². The van der Waals surface area contributed by atoms with E-state index in [-0.39, 0.29) is 0 Å². The Morgan fingerprint density at radius 3 is 2.83 bits per heavy atom. The Balaban J connectivity index is 2.43. The lowest BCUT2D eigenvalue weighted by molar-refractivity contribution is 0.474. The van der Waals surface area contributed by atoms with Gasteiger partial charge in [0.05, 0.1) is 10.7 Å². The van der Waals surface area contributed by atoms with Gasteiger partial charge in [-0.05, 0) is 37.9 Å². The van der Waals surface area contributed by atoms with Crippen molar-refractivity contribution in [2.45, 2.75) is 45.1 Å². The molecule has 0 aliphatic heterocycles. The molecule has 1 atom stereocenters. The van der Waals surface area contributed by atoms with Gasteiger partial charge in [0.1, 0.15) is 0 Å². The molecular weight excluding hydrogens is 244 g/mol. The van der Waals surface area contributed by atoms with Crippen LogP contribution >= 0.6 is 11.6 Å². The van der Waals surface area contributed by atoms with Crippen molar-refractivity contribution in [1.82, 2.24) is 10.3 Å². The van der Waals surface area contributed by atoms with Crippen molar-refractivity contribution >= 4 is 11.6 Å². The van der Waals surface area contributed by atoms with E-state index >= 15 is 0 Å². The van der Waals surface area contributed by atoms with Gasteiger partial charge in [-0.15, -0.1) is 6.58 Å². The van der Waals surface area contributed by atoms with Crippen molar-refractivity contribution in [3.63, 3.8) is 0 Å². The average molecular weight is 267 g/mol. The highest BCUT2D eigenvalue weighted by Crippen LogP contribution is 2.19. The zero-order valence-electron chi connectivity index (χ0n) is 11.2. The van der Waals surface area contributed by atoms with Gasteiger partial charge in [-0.1, -0.05) is 37.4 Å². The third kappa shape index (κ3) is 5.65. The Kier molecular flexibility index (Phi) is 7.70. The minimum Gasteiger partial charge on any atom is -0.309 e. The third-order valence-electron chi connectivity index (χ3n) is 2.96. The Hall–Kier alpha value is -0.860. The van der Waals surface area contributed by atoms with E-state index in [9.17, 15) is 0 Å². The Morgan fingerprint density at radius 2 is 2.22 bits per heavy atom. The van der Waals surface area contributed by atoms with E-state index in [4.69, 9.17) is 11.6 Å². The molecule has 0 spiro atoms. The Labute approximate surface area is 115 Å². The summed E-state index contributed by atoms with van der Waals surface area (Å²) in [6, 6.07) is 4.27. The van der Waals surface area contributed by atoms with Gasteiger partial charge >= 0.3 is 0 Å². The molecule has 0 fully saturated rings. The number of aromatic nitrogens is 1. The number of hydrogen-bond donors (Lipinski definition) is 1. The van der Waals surface area contributed by atoms with Crippen molar-refractivity contribution in [2.75, 3.05) is 6.54 Å². The van der Waals surface area contributed by atoms with Crippen LogP contribution in [0.1, 0.15) is 50.8 Å². The number of unbranched alkanes of at least 4 members (excludes halogenated alkanes) is 3. The molecule has 0 aromatic carbocycles. The van der Waals surface area contributed by atoms with Gasteiger partial charge in [-0.3, -0.25) is 4.98 Å². The van der Waals surface area contributed by atoms with Crippen LogP contribution in [0, 0.1) is 0 Å². The SMILES string of the molecule is C=CCCCCCC(NCC)c1ccc(Cl)cn1. The maximum Gasteiger partial charge on any atom is 0.0589 e. The van der Waals surface area contributed by atoms with Crippen molar-refractivity contribution in [3.8, 4) is 0 Å². The summed E-state index contributed by atoms with van der Waals surface area (Å²) in [4.78, 5) is 4.40. The van der Waals surface area contributed by atoms with E-state index in [1.807, 2.05) is 18.2 Å². The van der Waals surface area contributed by atoms with E-state index in [1.165, 1.54) is 19.3 Å². The molecule has 1 aromatic rings. The Bertz CT molecular complexity index is 335. The van der Waals surface area contributed by atoms with Gasteiger partial charge in [0.15, 0.2) is 0 Å². The van der Waals surface area contributed by atoms with Crippen LogP contribution in [0.5, 0.6) is 0 Å².